The monoisotopic (exact) mass is 486 g/mol. The van der Waals surface area contributed by atoms with E-state index in [1.54, 1.807) is 18.2 Å². The van der Waals surface area contributed by atoms with Crippen LogP contribution in [0.1, 0.15) is 70.4 Å². The number of benzene rings is 2. The molecular weight excluding hydrogens is 456 g/mol. The molecule has 3 fully saturated rings. The predicted molar refractivity (Wildman–Crippen MR) is 133 cm³/mol. The Morgan fingerprint density at radius 1 is 0.917 bits per heavy atom. The molecular formula is C28H30N4O4. The Bertz CT molecular complexity index is 1240. The van der Waals surface area contributed by atoms with E-state index in [0.29, 0.717) is 17.6 Å². The molecule has 6 rings (SSSR count). The highest BCUT2D eigenvalue weighted by atomic mass is 16.2. The van der Waals surface area contributed by atoms with Gasteiger partial charge in [-0.3, -0.25) is 34.3 Å². The van der Waals surface area contributed by atoms with Crippen LogP contribution in [0.4, 0.5) is 5.69 Å². The topological polar surface area (TPSA) is 98.8 Å². The first-order chi connectivity index (χ1) is 17.4. The van der Waals surface area contributed by atoms with E-state index in [2.05, 4.69) is 39.8 Å². The summed E-state index contributed by atoms with van der Waals surface area (Å²) >= 11 is 0. The van der Waals surface area contributed by atoms with Crippen molar-refractivity contribution in [2.45, 2.75) is 57.7 Å². The van der Waals surface area contributed by atoms with Gasteiger partial charge in [-0.15, -0.1) is 0 Å². The van der Waals surface area contributed by atoms with E-state index in [1.165, 1.54) is 44.3 Å². The lowest BCUT2D eigenvalue weighted by Gasteiger charge is -2.48. The molecule has 1 spiro atoms. The number of rotatable bonds is 6. The van der Waals surface area contributed by atoms with Gasteiger partial charge in [0.15, 0.2) is 0 Å². The smallest absolute Gasteiger partial charge is 0.264 e. The van der Waals surface area contributed by atoms with Gasteiger partial charge in [0.2, 0.25) is 11.8 Å². The minimum Gasteiger partial charge on any atom is -0.380 e. The molecule has 2 N–H and O–H groups in total. The highest BCUT2D eigenvalue weighted by molar-refractivity contribution is 6.25. The molecule has 2 saturated heterocycles. The number of carbonyl (C=O) groups excluding carboxylic acids is 4. The molecule has 4 aliphatic rings. The summed E-state index contributed by atoms with van der Waals surface area (Å²) in [5.74, 6) is -1.99. The SMILES string of the molecule is O=C1CCC(N2C(=O)c3cccc(NCc4ccc(CN5CC6(CCCC6)C5)cc4)c3C2=O)C(=O)N1. The number of fused-ring (bicyclic) bond motifs is 1. The van der Waals surface area contributed by atoms with E-state index in [1.807, 2.05) is 0 Å². The zero-order valence-electron chi connectivity index (χ0n) is 20.2. The number of likely N-dealkylation sites (tertiary alicyclic amines) is 1. The normalized spacial score (nSPS) is 23.1. The molecule has 3 heterocycles. The van der Waals surface area contributed by atoms with Gasteiger partial charge in [-0.1, -0.05) is 43.2 Å². The predicted octanol–water partition coefficient (Wildman–Crippen LogP) is 3.08. The Kier molecular flexibility index (Phi) is 5.63. The molecule has 1 saturated carbocycles. The van der Waals surface area contributed by atoms with Gasteiger partial charge in [-0.25, -0.2) is 0 Å². The van der Waals surface area contributed by atoms with E-state index in [9.17, 15) is 19.2 Å². The maximum atomic E-state index is 13.2. The Labute approximate surface area is 210 Å². The number of piperidine rings is 1. The highest BCUT2D eigenvalue weighted by Gasteiger charge is 2.46. The van der Waals surface area contributed by atoms with E-state index >= 15 is 0 Å². The number of amides is 4. The lowest BCUT2D eigenvalue weighted by Crippen LogP contribution is -2.54. The van der Waals surface area contributed by atoms with E-state index < -0.39 is 23.8 Å². The van der Waals surface area contributed by atoms with Crippen molar-refractivity contribution in [3.63, 3.8) is 0 Å². The third-order valence-corrected chi connectivity index (χ3v) is 8.16. The van der Waals surface area contributed by atoms with Crippen LogP contribution in [0, 0.1) is 5.41 Å². The van der Waals surface area contributed by atoms with Crippen molar-refractivity contribution in [2.24, 2.45) is 5.41 Å². The zero-order valence-corrected chi connectivity index (χ0v) is 20.2. The molecule has 186 valence electrons. The number of nitrogens with zero attached hydrogens (tertiary/aromatic N) is 2. The average molecular weight is 487 g/mol. The Morgan fingerprint density at radius 2 is 1.64 bits per heavy atom. The number of anilines is 1. The molecule has 1 unspecified atom stereocenters. The summed E-state index contributed by atoms with van der Waals surface area (Å²) in [6.45, 7) is 3.92. The van der Waals surface area contributed by atoms with Gasteiger partial charge in [-0.2, -0.15) is 0 Å². The van der Waals surface area contributed by atoms with Gasteiger partial charge >= 0.3 is 0 Å². The second-order valence-corrected chi connectivity index (χ2v) is 10.7. The molecule has 1 atom stereocenters. The van der Waals surface area contributed by atoms with Crippen molar-refractivity contribution in [1.29, 1.82) is 0 Å². The fourth-order valence-electron chi connectivity index (χ4n) is 6.34. The fourth-order valence-corrected chi connectivity index (χ4v) is 6.34. The Hall–Kier alpha value is -3.52. The lowest BCUT2D eigenvalue weighted by molar-refractivity contribution is -0.136. The number of nitrogens with one attached hydrogen (secondary N) is 2. The standard InChI is InChI=1S/C28H30N4O4/c33-23-11-10-22(25(34)30-23)32-26(35)20-4-3-5-21(24(20)27(32)36)29-14-18-6-8-19(9-7-18)15-31-16-28(17-31)12-1-2-13-28/h3-9,22,29H,1-2,10-17H2,(H,30,33,34). The minimum atomic E-state index is -0.967. The van der Waals surface area contributed by atoms with E-state index in [-0.39, 0.29) is 29.9 Å². The summed E-state index contributed by atoms with van der Waals surface area (Å²) in [7, 11) is 0. The van der Waals surface area contributed by atoms with E-state index in [4.69, 9.17) is 0 Å². The van der Waals surface area contributed by atoms with Crippen LogP contribution < -0.4 is 10.6 Å². The molecule has 2 aromatic rings. The maximum Gasteiger partial charge on any atom is 0.264 e. The second kappa shape index (κ2) is 8.85. The van der Waals surface area contributed by atoms with Crippen LogP contribution in [0.2, 0.25) is 0 Å². The first-order valence-corrected chi connectivity index (χ1v) is 12.8. The van der Waals surface area contributed by atoms with Crippen LogP contribution in [0.3, 0.4) is 0 Å². The second-order valence-electron chi connectivity index (χ2n) is 10.7. The number of carbonyl (C=O) groups is 4. The molecule has 0 bridgehead atoms. The van der Waals surface area contributed by atoms with Crippen molar-refractivity contribution in [2.75, 3.05) is 18.4 Å². The Morgan fingerprint density at radius 3 is 2.36 bits per heavy atom. The van der Waals surface area contributed by atoms with Crippen LogP contribution in [0.15, 0.2) is 42.5 Å². The lowest BCUT2D eigenvalue weighted by atomic mass is 9.78. The van der Waals surface area contributed by atoms with Crippen LogP contribution in [0.5, 0.6) is 0 Å². The van der Waals surface area contributed by atoms with Crippen molar-refractivity contribution in [3.8, 4) is 0 Å². The van der Waals surface area contributed by atoms with Crippen molar-refractivity contribution in [1.82, 2.24) is 15.1 Å². The number of imide groups is 2. The van der Waals surface area contributed by atoms with Crippen LogP contribution in [-0.2, 0) is 22.7 Å². The molecule has 8 nitrogen and oxygen atoms in total. The first-order valence-electron chi connectivity index (χ1n) is 12.8. The van der Waals surface area contributed by atoms with Crippen LogP contribution >= 0.6 is 0 Å². The molecule has 2 aromatic carbocycles. The molecule has 8 heteroatoms. The quantitative estimate of drug-likeness (QED) is 0.609. The van der Waals surface area contributed by atoms with Gasteiger partial charge in [0, 0.05) is 38.3 Å². The third-order valence-electron chi connectivity index (χ3n) is 8.16. The van der Waals surface area contributed by atoms with Gasteiger partial charge in [0.1, 0.15) is 6.04 Å². The molecule has 4 amide bonds. The zero-order chi connectivity index (χ0) is 24.9. The summed E-state index contributed by atoms with van der Waals surface area (Å²) in [6, 6.07) is 12.6. The third kappa shape index (κ3) is 3.99. The fraction of sp³-hybridized carbons (Fsp3) is 0.429. The van der Waals surface area contributed by atoms with Gasteiger partial charge in [-0.05, 0) is 47.9 Å². The van der Waals surface area contributed by atoms with Gasteiger partial charge < -0.3 is 5.32 Å². The van der Waals surface area contributed by atoms with Gasteiger partial charge in [0.05, 0.1) is 11.1 Å². The van der Waals surface area contributed by atoms with Crippen molar-refractivity contribution < 1.29 is 19.2 Å². The van der Waals surface area contributed by atoms with Crippen molar-refractivity contribution in [3.05, 3.63) is 64.7 Å². The Balaban J connectivity index is 1.10. The molecule has 0 aromatic heterocycles. The molecule has 1 aliphatic carbocycles. The molecule has 3 aliphatic heterocycles. The molecule has 36 heavy (non-hydrogen) atoms. The summed E-state index contributed by atoms with van der Waals surface area (Å²) in [4.78, 5) is 53.6. The largest absolute Gasteiger partial charge is 0.380 e. The number of hydrogen-bond donors (Lipinski definition) is 2. The summed E-state index contributed by atoms with van der Waals surface area (Å²) in [5, 5.41) is 5.53. The summed E-state index contributed by atoms with van der Waals surface area (Å²) in [5.41, 5.74) is 4.10. The molecule has 0 radical (unpaired) electrons. The summed E-state index contributed by atoms with van der Waals surface area (Å²) in [6.07, 6.45) is 5.78. The summed E-state index contributed by atoms with van der Waals surface area (Å²) < 4.78 is 0. The van der Waals surface area contributed by atoms with E-state index in [0.717, 1.165) is 17.0 Å². The maximum absolute atomic E-state index is 13.2. The average Bonchev–Trinajstić information content (AvgIpc) is 3.43. The van der Waals surface area contributed by atoms with Crippen molar-refractivity contribution >= 4 is 29.3 Å². The number of hydrogen-bond acceptors (Lipinski definition) is 6. The van der Waals surface area contributed by atoms with Crippen LogP contribution in [-0.4, -0.2) is 52.6 Å². The van der Waals surface area contributed by atoms with Gasteiger partial charge in [0.25, 0.3) is 11.8 Å². The minimum absolute atomic E-state index is 0.101. The first kappa shape index (κ1) is 22.9. The highest BCUT2D eigenvalue weighted by Crippen LogP contribution is 2.45. The van der Waals surface area contributed by atoms with Crippen LogP contribution in [0.25, 0.3) is 0 Å².